The maximum atomic E-state index is 11.0. The largest absolute Gasteiger partial charge is 0.481 e. The molecule has 10 unspecified atom stereocenters. The number of hydrogen-bond donors (Lipinski definition) is 3. The fourth-order valence-corrected chi connectivity index (χ4v) is 7.84. The molecule has 10 atom stereocenters. The lowest BCUT2D eigenvalue weighted by molar-refractivity contribution is -0.137. The first-order chi connectivity index (χ1) is 12.5. The van der Waals surface area contributed by atoms with Crippen molar-refractivity contribution in [2.45, 2.75) is 83.3 Å². The van der Waals surface area contributed by atoms with Gasteiger partial charge in [-0.05, 0) is 105 Å². The summed E-state index contributed by atoms with van der Waals surface area (Å²) < 4.78 is 0. The van der Waals surface area contributed by atoms with E-state index in [0.29, 0.717) is 41.4 Å². The summed E-state index contributed by atoms with van der Waals surface area (Å²) in [6, 6.07) is 0. The molecule has 4 rings (SSSR count). The molecule has 0 aliphatic heterocycles. The fraction of sp³-hybridized carbons (Fsp3) is 0.955. The number of carboxylic acids is 1. The smallest absolute Gasteiger partial charge is 0.303 e. The average molecular weight is 365 g/mol. The molecule has 0 radical (unpaired) electrons. The lowest BCUT2D eigenvalue weighted by Gasteiger charge is -2.54. The molecule has 0 saturated heterocycles. The Morgan fingerprint density at radius 3 is 2.35 bits per heavy atom. The molecule has 0 heterocycles. The van der Waals surface area contributed by atoms with Gasteiger partial charge in [0, 0.05) is 6.42 Å². The monoisotopic (exact) mass is 364 g/mol. The standard InChI is InChI=1S/C22H36O4/c1-12(2-9-21(25)26)15-5-7-19-17(15)6-8-18-16-4-3-14(23)10-13(16)11-20(24)22(18)19/h12-20,22-24H,2-11H2,1H3,(H,25,26). The Kier molecular flexibility index (Phi) is 5.35. The third kappa shape index (κ3) is 3.32. The maximum Gasteiger partial charge on any atom is 0.303 e. The van der Waals surface area contributed by atoms with E-state index in [0.717, 1.165) is 38.0 Å². The van der Waals surface area contributed by atoms with Crippen molar-refractivity contribution in [2.24, 2.45) is 47.3 Å². The molecule has 0 aromatic heterocycles. The second-order valence-corrected chi connectivity index (χ2v) is 9.99. The number of carbonyl (C=O) groups is 1. The highest BCUT2D eigenvalue weighted by Crippen LogP contribution is 2.60. The lowest BCUT2D eigenvalue weighted by Crippen LogP contribution is -2.52. The van der Waals surface area contributed by atoms with Gasteiger partial charge in [0.05, 0.1) is 12.2 Å². The Hall–Kier alpha value is -0.610. The van der Waals surface area contributed by atoms with Crippen LogP contribution in [0.1, 0.15) is 71.1 Å². The number of aliphatic hydroxyl groups is 2. The molecule has 0 aromatic rings. The van der Waals surface area contributed by atoms with Gasteiger partial charge in [-0.15, -0.1) is 0 Å². The van der Waals surface area contributed by atoms with Crippen LogP contribution in [0.25, 0.3) is 0 Å². The number of rotatable bonds is 4. The predicted octanol–water partition coefficient (Wildman–Crippen LogP) is 3.70. The second-order valence-electron chi connectivity index (χ2n) is 9.99. The van der Waals surface area contributed by atoms with Crippen LogP contribution in [0.5, 0.6) is 0 Å². The van der Waals surface area contributed by atoms with Gasteiger partial charge in [0.1, 0.15) is 0 Å². The van der Waals surface area contributed by atoms with Crippen LogP contribution in [0.2, 0.25) is 0 Å². The van der Waals surface area contributed by atoms with E-state index in [1.807, 2.05) is 0 Å². The number of fused-ring (bicyclic) bond motifs is 5. The van der Waals surface area contributed by atoms with Crippen LogP contribution in [0.4, 0.5) is 0 Å². The van der Waals surface area contributed by atoms with Crippen LogP contribution in [0.3, 0.4) is 0 Å². The number of aliphatic carboxylic acids is 1. The summed E-state index contributed by atoms with van der Waals surface area (Å²) in [5.74, 6) is 4.16. The van der Waals surface area contributed by atoms with Crippen molar-refractivity contribution in [1.82, 2.24) is 0 Å². The summed E-state index contributed by atoms with van der Waals surface area (Å²) >= 11 is 0. The van der Waals surface area contributed by atoms with E-state index in [1.165, 1.54) is 25.7 Å². The van der Waals surface area contributed by atoms with E-state index in [9.17, 15) is 15.0 Å². The van der Waals surface area contributed by atoms with E-state index in [-0.39, 0.29) is 18.6 Å². The molecular formula is C22H36O4. The van der Waals surface area contributed by atoms with Crippen molar-refractivity contribution in [3.8, 4) is 0 Å². The first-order valence-corrected chi connectivity index (χ1v) is 11.0. The minimum atomic E-state index is -0.677. The summed E-state index contributed by atoms with van der Waals surface area (Å²) in [7, 11) is 0. The summed E-state index contributed by atoms with van der Waals surface area (Å²) in [5.41, 5.74) is 0. The quantitative estimate of drug-likeness (QED) is 0.711. The topological polar surface area (TPSA) is 77.8 Å². The van der Waals surface area contributed by atoms with Crippen LogP contribution in [-0.2, 0) is 4.79 Å². The van der Waals surface area contributed by atoms with Crippen LogP contribution in [0, 0.1) is 47.3 Å². The predicted molar refractivity (Wildman–Crippen MR) is 99.4 cm³/mol. The van der Waals surface area contributed by atoms with Crippen molar-refractivity contribution in [3.05, 3.63) is 0 Å². The van der Waals surface area contributed by atoms with Crippen molar-refractivity contribution >= 4 is 5.97 Å². The Balaban J connectivity index is 1.46. The molecule has 4 fully saturated rings. The van der Waals surface area contributed by atoms with Gasteiger partial charge < -0.3 is 15.3 Å². The van der Waals surface area contributed by atoms with Crippen molar-refractivity contribution in [1.29, 1.82) is 0 Å². The number of aliphatic hydroxyl groups excluding tert-OH is 2. The first-order valence-electron chi connectivity index (χ1n) is 11.0. The molecule has 3 N–H and O–H groups in total. The van der Waals surface area contributed by atoms with Crippen molar-refractivity contribution in [3.63, 3.8) is 0 Å². The molecule has 148 valence electrons. The highest BCUT2D eigenvalue weighted by molar-refractivity contribution is 5.66. The van der Waals surface area contributed by atoms with Gasteiger partial charge in [-0.1, -0.05) is 6.92 Å². The Morgan fingerprint density at radius 1 is 0.923 bits per heavy atom. The van der Waals surface area contributed by atoms with Gasteiger partial charge in [0.25, 0.3) is 0 Å². The molecule has 26 heavy (non-hydrogen) atoms. The van der Waals surface area contributed by atoms with Gasteiger partial charge in [-0.2, -0.15) is 0 Å². The Morgan fingerprint density at radius 2 is 1.58 bits per heavy atom. The van der Waals surface area contributed by atoms with Crippen LogP contribution < -0.4 is 0 Å². The Bertz CT molecular complexity index is 520. The molecular weight excluding hydrogens is 328 g/mol. The zero-order chi connectivity index (χ0) is 18.4. The first kappa shape index (κ1) is 18.7. The Labute approximate surface area is 157 Å². The van der Waals surface area contributed by atoms with Crippen LogP contribution in [-0.4, -0.2) is 33.5 Å². The maximum absolute atomic E-state index is 11.0. The summed E-state index contributed by atoms with van der Waals surface area (Å²) in [4.78, 5) is 10.9. The van der Waals surface area contributed by atoms with Crippen molar-refractivity contribution in [2.75, 3.05) is 0 Å². The molecule has 4 aliphatic carbocycles. The average Bonchev–Trinajstić information content (AvgIpc) is 3.03. The van der Waals surface area contributed by atoms with E-state index in [1.54, 1.807) is 0 Å². The minimum Gasteiger partial charge on any atom is -0.481 e. The second kappa shape index (κ2) is 7.43. The molecule has 0 bridgehead atoms. The highest BCUT2D eigenvalue weighted by atomic mass is 16.4. The molecule has 0 amide bonds. The van der Waals surface area contributed by atoms with Gasteiger partial charge in [0.2, 0.25) is 0 Å². The lowest BCUT2D eigenvalue weighted by atomic mass is 9.52. The molecule has 0 spiro atoms. The van der Waals surface area contributed by atoms with E-state index in [4.69, 9.17) is 5.11 Å². The molecule has 4 heteroatoms. The SMILES string of the molecule is CC(CCC(=O)O)C1CCC2C1CCC1C3CCC(O)CC3CC(O)C12. The van der Waals surface area contributed by atoms with Gasteiger partial charge in [0.15, 0.2) is 0 Å². The zero-order valence-electron chi connectivity index (χ0n) is 16.1. The third-order valence-electron chi connectivity index (χ3n) is 8.85. The fourth-order valence-electron chi connectivity index (χ4n) is 7.84. The van der Waals surface area contributed by atoms with E-state index >= 15 is 0 Å². The number of hydrogen-bond acceptors (Lipinski definition) is 3. The van der Waals surface area contributed by atoms with Gasteiger partial charge >= 0.3 is 5.97 Å². The summed E-state index contributed by atoms with van der Waals surface area (Å²) in [5, 5.41) is 30.1. The van der Waals surface area contributed by atoms with Gasteiger partial charge in [-0.25, -0.2) is 0 Å². The molecule has 0 aromatic carbocycles. The van der Waals surface area contributed by atoms with Gasteiger partial charge in [-0.3, -0.25) is 4.79 Å². The normalized spacial score (nSPS) is 49.0. The third-order valence-corrected chi connectivity index (χ3v) is 8.85. The van der Waals surface area contributed by atoms with E-state index in [2.05, 4.69) is 6.92 Å². The minimum absolute atomic E-state index is 0.151. The highest BCUT2D eigenvalue weighted by Gasteiger charge is 2.55. The molecule has 4 nitrogen and oxygen atoms in total. The molecule has 4 aliphatic rings. The summed E-state index contributed by atoms with van der Waals surface area (Å²) in [6.07, 6.45) is 9.59. The number of carboxylic acid groups (broad SMARTS) is 1. The van der Waals surface area contributed by atoms with E-state index < -0.39 is 5.97 Å². The van der Waals surface area contributed by atoms with Crippen LogP contribution in [0.15, 0.2) is 0 Å². The summed E-state index contributed by atoms with van der Waals surface area (Å²) in [6.45, 7) is 2.25. The molecule has 4 saturated carbocycles. The zero-order valence-corrected chi connectivity index (χ0v) is 16.1. The van der Waals surface area contributed by atoms with Crippen molar-refractivity contribution < 1.29 is 20.1 Å². The van der Waals surface area contributed by atoms with Crippen LogP contribution >= 0.6 is 0 Å².